The number of hydrogen-bond donors (Lipinski definition) is 4. The van der Waals surface area contributed by atoms with Crippen LogP contribution in [-0.4, -0.2) is 33.6 Å². The summed E-state index contributed by atoms with van der Waals surface area (Å²) in [6.07, 6.45) is 1.28. The average Bonchev–Trinajstić information content (AvgIpc) is 2.65. The van der Waals surface area contributed by atoms with E-state index in [2.05, 4.69) is 0 Å². The number of aromatic hydroxyl groups is 4. The highest BCUT2D eigenvalue weighted by Crippen LogP contribution is 2.26. The summed E-state index contributed by atoms with van der Waals surface area (Å²) in [5, 5.41) is 37.7. The molecule has 0 aliphatic heterocycles. The van der Waals surface area contributed by atoms with Gasteiger partial charge in [-0.25, -0.2) is 0 Å². The van der Waals surface area contributed by atoms with Crippen LogP contribution in [0.15, 0.2) is 60.7 Å². The van der Waals surface area contributed by atoms with E-state index in [9.17, 15) is 20.4 Å². The molecule has 0 spiro atoms. The summed E-state index contributed by atoms with van der Waals surface area (Å²) in [6, 6.07) is 16.5. The van der Waals surface area contributed by atoms with Crippen LogP contribution in [0.3, 0.4) is 0 Å². The van der Waals surface area contributed by atoms with E-state index < -0.39 is 0 Å². The van der Waals surface area contributed by atoms with Gasteiger partial charge in [-0.3, -0.25) is 0 Å². The zero-order chi connectivity index (χ0) is 19.9. The Hall–Kier alpha value is -3.54. The van der Waals surface area contributed by atoms with Gasteiger partial charge in [0.2, 0.25) is 0 Å². The molecule has 0 fully saturated rings. The van der Waals surface area contributed by atoms with Gasteiger partial charge in [-0.1, -0.05) is 18.2 Å². The first-order chi connectivity index (χ1) is 13.5. The molecule has 0 radical (unpaired) electrons. The predicted octanol–water partition coefficient (Wildman–Crippen LogP) is 3.75. The Balaban J connectivity index is 1.43. The third kappa shape index (κ3) is 5.48. The Morgan fingerprint density at radius 2 is 1.11 bits per heavy atom. The normalized spacial score (nSPS) is 10.6. The molecule has 146 valence electrons. The fourth-order valence-corrected chi connectivity index (χ4v) is 2.70. The summed E-state index contributed by atoms with van der Waals surface area (Å²) in [5.74, 6) is 0.802. The van der Waals surface area contributed by atoms with E-state index in [4.69, 9.17) is 9.47 Å². The van der Waals surface area contributed by atoms with Crippen LogP contribution in [0, 0.1) is 0 Å². The van der Waals surface area contributed by atoms with Crippen molar-refractivity contribution < 1.29 is 29.9 Å². The van der Waals surface area contributed by atoms with Gasteiger partial charge in [-0.2, -0.15) is 0 Å². The largest absolute Gasteiger partial charge is 0.508 e. The second-order valence-electron chi connectivity index (χ2n) is 6.35. The van der Waals surface area contributed by atoms with Crippen LogP contribution in [0.2, 0.25) is 0 Å². The standard InChI is InChI=1S/C22H22O6/c23-17-12-18(24)14-20(13-17)28-9-7-15-1-4-19(5-2-15)27-10-8-16-3-6-21(25)22(26)11-16/h1-6,11-14,23-26H,7-10H2. The van der Waals surface area contributed by atoms with Gasteiger partial charge in [0.15, 0.2) is 11.5 Å². The minimum atomic E-state index is -0.134. The third-order valence-electron chi connectivity index (χ3n) is 4.16. The summed E-state index contributed by atoms with van der Waals surface area (Å²) in [4.78, 5) is 0. The predicted molar refractivity (Wildman–Crippen MR) is 104 cm³/mol. The van der Waals surface area contributed by atoms with E-state index >= 15 is 0 Å². The van der Waals surface area contributed by atoms with Gasteiger partial charge < -0.3 is 29.9 Å². The van der Waals surface area contributed by atoms with E-state index in [0.29, 0.717) is 31.8 Å². The van der Waals surface area contributed by atoms with Crippen molar-refractivity contribution in [1.29, 1.82) is 0 Å². The van der Waals surface area contributed by atoms with Crippen molar-refractivity contribution in [3.63, 3.8) is 0 Å². The average molecular weight is 382 g/mol. The summed E-state index contributed by atoms with van der Waals surface area (Å²) >= 11 is 0. The number of phenolic OH excluding ortho intramolecular Hbond substituents is 4. The molecule has 6 nitrogen and oxygen atoms in total. The molecule has 4 N–H and O–H groups in total. The highest BCUT2D eigenvalue weighted by atomic mass is 16.5. The maximum atomic E-state index is 9.49. The first-order valence-electron chi connectivity index (χ1n) is 8.88. The van der Waals surface area contributed by atoms with Crippen molar-refractivity contribution >= 4 is 0 Å². The highest BCUT2D eigenvalue weighted by molar-refractivity contribution is 5.41. The summed E-state index contributed by atoms with van der Waals surface area (Å²) in [7, 11) is 0. The van der Waals surface area contributed by atoms with Crippen molar-refractivity contribution in [1.82, 2.24) is 0 Å². The molecule has 0 bridgehead atoms. The van der Waals surface area contributed by atoms with Gasteiger partial charge >= 0.3 is 0 Å². The number of benzene rings is 3. The van der Waals surface area contributed by atoms with Crippen LogP contribution in [-0.2, 0) is 12.8 Å². The third-order valence-corrected chi connectivity index (χ3v) is 4.16. The van der Waals surface area contributed by atoms with E-state index in [0.717, 1.165) is 16.9 Å². The van der Waals surface area contributed by atoms with Gasteiger partial charge in [-0.05, 0) is 35.4 Å². The molecule has 6 heteroatoms. The zero-order valence-electron chi connectivity index (χ0n) is 15.2. The molecule has 0 saturated carbocycles. The number of ether oxygens (including phenoxy) is 2. The fraction of sp³-hybridized carbons (Fsp3) is 0.182. The lowest BCUT2D eigenvalue weighted by molar-refractivity contribution is 0.315. The molecule has 0 aliphatic carbocycles. The molecule has 0 aliphatic rings. The Labute approximate surface area is 162 Å². The van der Waals surface area contributed by atoms with Gasteiger partial charge in [-0.15, -0.1) is 0 Å². The van der Waals surface area contributed by atoms with Crippen molar-refractivity contribution in [2.45, 2.75) is 12.8 Å². The highest BCUT2D eigenvalue weighted by Gasteiger charge is 2.03. The summed E-state index contributed by atoms with van der Waals surface area (Å²) < 4.78 is 11.2. The van der Waals surface area contributed by atoms with Gasteiger partial charge in [0.25, 0.3) is 0 Å². The molecule has 0 atom stereocenters. The van der Waals surface area contributed by atoms with E-state index in [1.807, 2.05) is 24.3 Å². The zero-order valence-corrected chi connectivity index (χ0v) is 15.2. The number of rotatable bonds is 8. The number of hydrogen-bond acceptors (Lipinski definition) is 6. The molecule has 0 aromatic heterocycles. The van der Waals surface area contributed by atoms with E-state index in [-0.39, 0.29) is 23.0 Å². The second-order valence-corrected chi connectivity index (χ2v) is 6.35. The molecular formula is C22H22O6. The first kappa shape index (κ1) is 19.2. The lowest BCUT2D eigenvalue weighted by Crippen LogP contribution is -2.03. The Morgan fingerprint density at radius 1 is 0.536 bits per heavy atom. The summed E-state index contributed by atoms with van der Waals surface area (Å²) in [6.45, 7) is 0.862. The quantitative estimate of drug-likeness (QED) is 0.443. The topological polar surface area (TPSA) is 99.4 Å². The molecule has 3 aromatic rings. The Bertz CT molecular complexity index is 901. The molecule has 0 amide bonds. The van der Waals surface area contributed by atoms with Crippen LogP contribution in [0.1, 0.15) is 11.1 Å². The van der Waals surface area contributed by atoms with Gasteiger partial charge in [0, 0.05) is 31.0 Å². The van der Waals surface area contributed by atoms with Crippen LogP contribution >= 0.6 is 0 Å². The lowest BCUT2D eigenvalue weighted by atomic mass is 10.1. The van der Waals surface area contributed by atoms with Crippen molar-refractivity contribution in [2.24, 2.45) is 0 Å². The van der Waals surface area contributed by atoms with Crippen LogP contribution in [0.5, 0.6) is 34.5 Å². The minimum Gasteiger partial charge on any atom is -0.508 e. The maximum absolute atomic E-state index is 9.49. The van der Waals surface area contributed by atoms with Crippen LogP contribution in [0.4, 0.5) is 0 Å². The summed E-state index contributed by atoms with van der Waals surface area (Å²) in [5.41, 5.74) is 1.95. The Morgan fingerprint density at radius 3 is 1.75 bits per heavy atom. The van der Waals surface area contributed by atoms with E-state index in [1.165, 1.54) is 30.3 Å². The molecular weight excluding hydrogens is 360 g/mol. The van der Waals surface area contributed by atoms with Crippen LogP contribution < -0.4 is 9.47 Å². The van der Waals surface area contributed by atoms with E-state index in [1.54, 1.807) is 6.07 Å². The fourth-order valence-electron chi connectivity index (χ4n) is 2.70. The SMILES string of the molecule is Oc1cc(O)cc(OCCc2ccc(OCCc3ccc(O)c(O)c3)cc2)c1. The Kier molecular flexibility index (Phi) is 6.11. The number of phenols is 4. The van der Waals surface area contributed by atoms with Gasteiger partial charge in [0.05, 0.1) is 13.2 Å². The molecule has 3 aromatic carbocycles. The molecule has 0 saturated heterocycles. The lowest BCUT2D eigenvalue weighted by Gasteiger charge is -2.09. The van der Waals surface area contributed by atoms with Crippen molar-refractivity contribution in [2.75, 3.05) is 13.2 Å². The smallest absolute Gasteiger partial charge is 0.157 e. The van der Waals surface area contributed by atoms with Crippen molar-refractivity contribution in [3.8, 4) is 34.5 Å². The maximum Gasteiger partial charge on any atom is 0.157 e. The molecule has 0 heterocycles. The van der Waals surface area contributed by atoms with Gasteiger partial charge in [0.1, 0.15) is 23.0 Å². The second kappa shape index (κ2) is 8.90. The van der Waals surface area contributed by atoms with Crippen LogP contribution in [0.25, 0.3) is 0 Å². The molecule has 0 unspecified atom stereocenters. The monoisotopic (exact) mass is 382 g/mol. The molecule has 3 rings (SSSR count). The van der Waals surface area contributed by atoms with Crippen molar-refractivity contribution in [3.05, 3.63) is 71.8 Å². The minimum absolute atomic E-state index is 0.0426. The molecule has 28 heavy (non-hydrogen) atoms. The first-order valence-corrected chi connectivity index (χ1v) is 8.88.